The van der Waals surface area contributed by atoms with Crippen molar-refractivity contribution in [3.8, 4) is 0 Å². The van der Waals surface area contributed by atoms with E-state index in [1.807, 2.05) is 30.3 Å². The van der Waals surface area contributed by atoms with Gasteiger partial charge >= 0.3 is 0 Å². The molecular weight excluding hydrogens is 160 g/mol. The minimum Gasteiger partial charge on any atom is -0.299 e. The van der Waals surface area contributed by atoms with Gasteiger partial charge in [-0.25, -0.2) is 0 Å². The molecule has 0 spiro atoms. The van der Waals surface area contributed by atoms with Crippen LogP contribution in [0.4, 0.5) is 0 Å². The van der Waals surface area contributed by atoms with E-state index in [2.05, 4.69) is 6.58 Å². The average Bonchev–Trinajstić information content (AvgIpc) is 2.80. The molecule has 0 aliphatic heterocycles. The van der Waals surface area contributed by atoms with E-state index in [0.29, 0.717) is 0 Å². The van der Waals surface area contributed by atoms with Crippen LogP contribution in [0.25, 0.3) is 0 Å². The van der Waals surface area contributed by atoms with Crippen molar-refractivity contribution < 1.29 is 4.79 Å². The second-order valence-corrected chi connectivity index (χ2v) is 3.61. The van der Waals surface area contributed by atoms with E-state index >= 15 is 0 Å². The Labute approximate surface area is 78.1 Å². The normalized spacial score (nSPS) is 25.8. The molecular formula is C12H12O. The number of hydrogen-bond donors (Lipinski definition) is 0. The van der Waals surface area contributed by atoms with Crippen molar-refractivity contribution in [2.75, 3.05) is 0 Å². The number of Topliss-reactive ketones (excluding diaryl/α,β-unsaturated/α-hetero) is 1. The van der Waals surface area contributed by atoms with Crippen LogP contribution in [-0.2, 0) is 10.2 Å². The van der Waals surface area contributed by atoms with Gasteiger partial charge in [0.05, 0.1) is 5.41 Å². The van der Waals surface area contributed by atoms with Gasteiger partial charge in [0.25, 0.3) is 0 Å². The summed E-state index contributed by atoms with van der Waals surface area (Å²) >= 11 is 0. The zero-order valence-electron chi connectivity index (χ0n) is 7.71. The van der Waals surface area contributed by atoms with Crippen LogP contribution in [0.3, 0.4) is 0 Å². The molecule has 1 fully saturated rings. The predicted octanol–water partition coefficient (Wildman–Crippen LogP) is 2.47. The lowest BCUT2D eigenvalue weighted by molar-refractivity contribution is -0.118. The highest BCUT2D eigenvalue weighted by Crippen LogP contribution is 2.53. The molecule has 1 heteroatoms. The Morgan fingerprint density at radius 1 is 1.38 bits per heavy atom. The van der Waals surface area contributed by atoms with Gasteiger partial charge in [0.2, 0.25) is 0 Å². The predicted molar refractivity (Wildman–Crippen MR) is 52.6 cm³/mol. The Morgan fingerprint density at radius 2 is 1.92 bits per heavy atom. The number of carbonyl (C=O) groups is 1. The zero-order valence-corrected chi connectivity index (χ0v) is 7.71. The summed E-state index contributed by atoms with van der Waals surface area (Å²) in [7, 11) is 0. The van der Waals surface area contributed by atoms with Crippen LogP contribution >= 0.6 is 0 Å². The molecule has 0 amide bonds. The molecule has 1 aliphatic carbocycles. The highest BCUT2D eigenvalue weighted by Gasteiger charge is 2.52. The molecule has 1 aromatic rings. The van der Waals surface area contributed by atoms with Gasteiger partial charge in [-0.1, -0.05) is 42.5 Å². The lowest BCUT2D eigenvalue weighted by Gasteiger charge is -2.10. The summed E-state index contributed by atoms with van der Waals surface area (Å²) in [5, 5.41) is 0. The topological polar surface area (TPSA) is 17.1 Å². The van der Waals surface area contributed by atoms with Crippen molar-refractivity contribution in [2.24, 2.45) is 0 Å². The Balaban J connectivity index is 2.46. The maximum atomic E-state index is 11.5. The van der Waals surface area contributed by atoms with Crippen molar-refractivity contribution in [3.05, 3.63) is 48.0 Å². The third kappa shape index (κ3) is 1.04. The van der Waals surface area contributed by atoms with Crippen LogP contribution < -0.4 is 0 Å². The molecule has 0 saturated heterocycles. The Morgan fingerprint density at radius 3 is 2.31 bits per heavy atom. The SMILES string of the molecule is C=C1CC1(C(C)=O)c1ccccc1. The molecule has 1 aliphatic rings. The average molecular weight is 172 g/mol. The molecule has 66 valence electrons. The summed E-state index contributed by atoms with van der Waals surface area (Å²) in [6, 6.07) is 9.89. The van der Waals surface area contributed by atoms with Crippen molar-refractivity contribution in [3.63, 3.8) is 0 Å². The monoisotopic (exact) mass is 172 g/mol. The van der Waals surface area contributed by atoms with Crippen LogP contribution in [-0.4, -0.2) is 5.78 Å². The van der Waals surface area contributed by atoms with Gasteiger partial charge in [-0.05, 0) is 18.9 Å². The quantitative estimate of drug-likeness (QED) is 0.626. The van der Waals surface area contributed by atoms with Gasteiger partial charge in [0, 0.05) is 0 Å². The third-order valence-electron chi connectivity index (χ3n) is 2.82. The number of hydrogen-bond acceptors (Lipinski definition) is 1. The minimum absolute atomic E-state index is 0.212. The standard InChI is InChI=1S/C12H12O/c1-9-8-12(9,10(2)13)11-6-4-3-5-7-11/h3-7H,1,8H2,2H3. The van der Waals surface area contributed by atoms with E-state index in [0.717, 1.165) is 17.6 Å². The number of ketones is 1. The van der Waals surface area contributed by atoms with Crippen molar-refractivity contribution in [2.45, 2.75) is 18.8 Å². The number of benzene rings is 1. The molecule has 0 radical (unpaired) electrons. The van der Waals surface area contributed by atoms with E-state index < -0.39 is 0 Å². The first-order valence-electron chi connectivity index (χ1n) is 4.43. The second-order valence-electron chi connectivity index (χ2n) is 3.61. The summed E-state index contributed by atoms with van der Waals surface area (Å²) in [5.74, 6) is 0.212. The third-order valence-corrected chi connectivity index (χ3v) is 2.82. The van der Waals surface area contributed by atoms with Crippen molar-refractivity contribution in [1.82, 2.24) is 0 Å². The molecule has 0 bridgehead atoms. The molecule has 1 unspecified atom stereocenters. The summed E-state index contributed by atoms with van der Waals surface area (Å²) in [6.45, 7) is 5.54. The Hall–Kier alpha value is -1.37. The van der Waals surface area contributed by atoms with Gasteiger partial charge in [-0.2, -0.15) is 0 Å². The summed E-state index contributed by atoms with van der Waals surface area (Å²) in [4.78, 5) is 11.5. The summed E-state index contributed by atoms with van der Waals surface area (Å²) in [5.41, 5.74) is 1.81. The molecule has 13 heavy (non-hydrogen) atoms. The van der Waals surface area contributed by atoms with Crippen molar-refractivity contribution >= 4 is 5.78 Å². The van der Waals surface area contributed by atoms with Gasteiger partial charge in [-0.3, -0.25) is 4.79 Å². The molecule has 0 heterocycles. The highest BCUT2D eigenvalue weighted by molar-refractivity contribution is 5.97. The first-order chi connectivity index (χ1) is 6.18. The fourth-order valence-corrected chi connectivity index (χ4v) is 1.88. The van der Waals surface area contributed by atoms with Crippen LogP contribution in [0, 0.1) is 0 Å². The molecule has 0 N–H and O–H groups in total. The Kier molecular flexibility index (Phi) is 1.62. The summed E-state index contributed by atoms with van der Waals surface area (Å²) in [6.07, 6.45) is 0.826. The van der Waals surface area contributed by atoms with Gasteiger partial charge < -0.3 is 0 Å². The van der Waals surface area contributed by atoms with Gasteiger partial charge in [0.15, 0.2) is 0 Å². The Bertz CT molecular complexity index is 364. The van der Waals surface area contributed by atoms with E-state index in [9.17, 15) is 4.79 Å². The lowest BCUT2D eigenvalue weighted by Crippen LogP contribution is -2.17. The van der Waals surface area contributed by atoms with Crippen LogP contribution in [0.5, 0.6) is 0 Å². The van der Waals surface area contributed by atoms with Gasteiger partial charge in [-0.15, -0.1) is 0 Å². The van der Waals surface area contributed by atoms with E-state index in [1.54, 1.807) is 6.92 Å². The molecule has 0 aromatic heterocycles. The first-order valence-corrected chi connectivity index (χ1v) is 4.43. The van der Waals surface area contributed by atoms with E-state index in [-0.39, 0.29) is 11.2 Å². The molecule has 2 rings (SSSR count). The fraction of sp³-hybridized carbons (Fsp3) is 0.250. The number of rotatable bonds is 2. The van der Waals surface area contributed by atoms with Gasteiger partial charge in [0.1, 0.15) is 5.78 Å². The maximum Gasteiger partial charge on any atom is 0.144 e. The number of allylic oxidation sites excluding steroid dienone is 1. The minimum atomic E-state index is -0.332. The zero-order chi connectivity index (χ0) is 9.47. The second kappa shape index (κ2) is 2.56. The van der Waals surface area contributed by atoms with E-state index in [4.69, 9.17) is 0 Å². The summed E-state index contributed by atoms with van der Waals surface area (Å²) < 4.78 is 0. The molecule has 1 nitrogen and oxygen atoms in total. The van der Waals surface area contributed by atoms with Crippen LogP contribution in [0.1, 0.15) is 18.9 Å². The lowest BCUT2D eigenvalue weighted by atomic mass is 9.91. The molecule has 1 saturated carbocycles. The molecule has 1 atom stereocenters. The van der Waals surface area contributed by atoms with Crippen LogP contribution in [0.15, 0.2) is 42.5 Å². The van der Waals surface area contributed by atoms with Crippen molar-refractivity contribution in [1.29, 1.82) is 0 Å². The fourth-order valence-electron chi connectivity index (χ4n) is 1.88. The largest absolute Gasteiger partial charge is 0.299 e. The van der Waals surface area contributed by atoms with Crippen LogP contribution in [0.2, 0.25) is 0 Å². The highest BCUT2D eigenvalue weighted by atomic mass is 16.1. The number of carbonyl (C=O) groups excluding carboxylic acids is 1. The smallest absolute Gasteiger partial charge is 0.144 e. The maximum absolute atomic E-state index is 11.5. The molecule has 1 aromatic carbocycles. The first kappa shape index (κ1) is 8.24. The van der Waals surface area contributed by atoms with E-state index in [1.165, 1.54) is 0 Å².